The van der Waals surface area contributed by atoms with E-state index in [0.29, 0.717) is 28.5 Å². The Morgan fingerprint density at radius 3 is 2.56 bits per heavy atom. The van der Waals surface area contributed by atoms with Gasteiger partial charge in [-0.25, -0.2) is 14.4 Å². The molecule has 4 rings (SSSR count). The van der Waals surface area contributed by atoms with E-state index >= 15 is 0 Å². The van der Waals surface area contributed by atoms with Gasteiger partial charge in [0.2, 0.25) is 5.43 Å². The number of nitrogens with zero attached hydrogens (tertiary/aromatic N) is 5. The van der Waals surface area contributed by atoms with E-state index in [1.54, 1.807) is 41.9 Å². The van der Waals surface area contributed by atoms with E-state index in [-0.39, 0.29) is 11.1 Å². The molecule has 0 atom stereocenters. The molecule has 0 unspecified atom stereocenters. The van der Waals surface area contributed by atoms with Crippen LogP contribution in [0.15, 0.2) is 101 Å². The molecule has 0 aliphatic heterocycles. The Labute approximate surface area is 184 Å². The number of nitrogens with two attached hydrogens (primary N) is 1. The molecule has 0 radical (unpaired) electrons. The summed E-state index contributed by atoms with van der Waals surface area (Å²) in [4.78, 5) is 17.3. The van der Waals surface area contributed by atoms with Crippen molar-refractivity contribution in [2.75, 3.05) is 7.11 Å². The average Bonchev–Trinajstić information content (AvgIpc) is 3.34. The molecule has 8 nitrogen and oxygen atoms in total. The first-order valence-corrected chi connectivity index (χ1v) is 9.91. The van der Waals surface area contributed by atoms with Gasteiger partial charge in [0.25, 0.3) is 0 Å². The first-order chi connectivity index (χ1) is 15.5. The lowest BCUT2D eigenvalue weighted by atomic mass is 10.2. The third kappa shape index (κ3) is 4.49. The van der Waals surface area contributed by atoms with Crippen LogP contribution in [0.1, 0.15) is 12.6 Å². The fraction of sp³-hybridized carbons (Fsp3) is 0.0833. The molecule has 4 aromatic rings. The first-order valence-electron chi connectivity index (χ1n) is 9.91. The topological polar surface area (TPSA) is 100 Å². The van der Waals surface area contributed by atoms with E-state index in [9.17, 15) is 4.79 Å². The van der Waals surface area contributed by atoms with Crippen LogP contribution in [-0.4, -0.2) is 32.4 Å². The van der Waals surface area contributed by atoms with Crippen molar-refractivity contribution in [3.63, 3.8) is 0 Å². The van der Waals surface area contributed by atoms with E-state index in [2.05, 4.69) is 15.2 Å². The Hall–Kier alpha value is -4.46. The predicted octanol–water partition coefficient (Wildman–Crippen LogP) is 3.41. The van der Waals surface area contributed by atoms with Crippen molar-refractivity contribution in [1.82, 2.24) is 19.6 Å². The molecule has 0 spiro atoms. The molecule has 160 valence electrons. The van der Waals surface area contributed by atoms with Crippen molar-refractivity contribution in [3.8, 4) is 17.1 Å². The summed E-state index contributed by atoms with van der Waals surface area (Å²) in [5, 5.41) is 8.81. The zero-order valence-corrected chi connectivity index (χ0v) is 17.7. The standard InChI is InChI=1S/C24H22N6O2/c1-17(25)15-20(27-18-7-4-3-5-8-18)24-22(31)11-14-30(28-24)21-10-9-19(16-23(21)32-2)29-13-6-12-26-29/h3-16H,25H2,1-2H3. The van der Waals surface area contributed by atoms with Crippen molar-refractivity contribution in [2.24, 2.45) is 10.7 Å². The fourth-order valence-electron chi connectivity index (χ4n) is 3.15. The summed E-state index contributed by atoms with van der Waals surface area (Å²) in [5.74, 6) is 0.576. The molecule has 0 bridgehead atoms. The second kappa shape index (κ2) is 9.13. The van der Waals surface area contributed by atoms with E-state index in [4.69, 9.17) is 10.5 Å². The Morgan fingerprint density at radius 2 is 1.88 bits per heavy atom. The van der Waals surface area contributed by atoms with E-state index in [0.717, 1.165) is 5.69 Å². The monoisotopic (exact) mass is 426 g/mol. The molecule has 0 amide bonds. The molecule has 8 heteroatoms. The summed E-state index contributed by atoms with van der Waals surface area (Å²) in [6.07, 6.45) is 6.78. The van der Waals surface area contributed by atoms with Crippen LogP contribution in [0.4, 0.5) is 5.69 Å². The maximum absolute atomic E-state index is 12.7. The van der Waals surface area contributed by atoms with Gasteiger partial charge in [-0.2, -0.15) is 10.2 Å². The summed E-state index contributed by atoms with van der Waals surface area (Å²) < 4.78 is 8.91. The van der Waals surface area contributed by atoms with Crippen molar-refractivity contribution in [2.45, 2.75) is 6.92 Å². The van der Waals surface area contributed by atoms with Gasteiger partial charge in [0.05, 0.1) is 24.2 Å². The molecular weight excluding hydrogens is 404 g/mol. The average molecular weight is 426 g/mol. The number of benzene rings is 2. The van der Waals surface area contributed by atoms with Crippen LogP contribution in [0.25, 0.3) is 11.4 Å². The normalized spacial score (nSPS) is 12.1. The van der Waals surface area contributed by atoms with Gasteiger partial charge >= 0.3 is 0 Å². The zero-order chi connectivity index (χ0) is 22.5. The Balaban J connectivity index is 1.83. The maximum Gasteiger partial charge on any atom is 0.209 e. The second-order valence-corrected chi connectivity index (χ2v) is 7.00. The second-order valence-electron chi connectivity index (χ2n) is 7.00. The van der Waals surface area contributed by atoms with Gasteiger partial charge in [0.15, 0.2) is 5.69 Å². The number of hydrogen-bond donors (Lipinski definition) is 1. The van der Waals surface area contributed by atoms with Crippen molar-refractivity contribution >= 4 is 11.4 Å². The van der Waals surface area contributed by atoms with Crippen molar-refractivity contribution in [1.29, 1.82) is 0 Å². The number of methoxy groups -OCH3 is 1. The minimum atomic E-state index is -0.263. The smallest absolute Gasteiger partial charge is 0.209 e. The molecule has 2 N–H and O–H groups in total. The molecule has 0 fully saturated rings. The van der Waals surface area contributed by atoms with Crippen LogP contribution >= 0.6 is 0 Å². The quantitative estimate of drug-likeness (QED) is 0.476. The molecule has 0 saturated heterocycles. The summed E-state index contributed by atoms with van der Waals surface area (Å²) in [6, 6.07) is 18.2. The summed E-state index contributed by atoms with van der Waals surface area (Å²) in [7, 11) is 1.58. The van der Waals surface area contributed by atoms with Gasteiger partial charge in [-0.15, -0.1) is 0 Å². The van der Waals surface area contributed by atoms with Gasteiger partial charge in [-0.3, -0.25) is 4.79 Å². The molecule has 2 heterocycles. The predicted molar refractivity (Wildman–Crippen MR) is 124 cm³/mol. The minimum absolute atomic E-state index is 0.180. The highest BCUT2D eigenvalue weighted by Gasteiger charge is 2.13. The molecular formula is C24H22N6O2. The summed E-state index contributed by atoms with van der Waals surface area (Å²) >= 11 is 0. The number of allylic oxidation sites excluding steroid dienone is 2. The lowest BCUT2D eigenvalue weighted by molar-refractivity contribution is 0.411. The molecule has 0 saturated carbocycles. The van der Waals surface area contributed by atoms with Crippen LogP contribution in [0.2, 0.25) is 0 Å². The Morgan fingerprint density at radius 1 is 1.06 bits per heavy atom. The van der Waals surface area contributed by atoms with Gasteiger partial charge in [0, 0.05) is 36.4 Å². The largest absolute Gasteiger partial charge is 0.494 e. The van der Waals surface area contributed by atoms with E-state index in [1.165, 1.54) is 6.07 Å². The number of aromatic nitrogens is 4. The highest BCUT2D eigenvalue weighted by atomic mass is 16.5. The third-order valence-corrected chi connectivity index (χ3v) is 4.60. The Kier molecular flexibility index (Phi) is 5.94. The lowest BCUT2D eigenvalue weighted by Crippen LogP contribution is -2.21. The highest BCUT2D eigenvalue weighted by molar-refractivity contribution is 6.08. The minimum Gasteiger partial charge on any atom is -0.494 e. The number of aliphatic imine (C=N–C) groups is 1. The SMILES string of the molecule is COc1cc(-n2cccn2)ccc1-n1ccc(=O)c(C(C=C(C)N)=Nc2ccccc2)n1. The molecule has 0 aliphatic rings. The van der Waals surface area contributed by atoms with Crippen LogP contribution in [0, 0.1) is 0 Å². The van der Waals surface area contributed by atoms with Gasteiger partial charge < -0.3 is 10.5 Å². The van der Waals surface area contributed by atoms with E-state index < -0.39 is 0 Å². The highest BCUT2D eigenvalue weighted by Crippen LogP contribution is 2.25. The molecule has 2 aromatic heterocycles. The van der Waals surface area contributed by atoms with Crippen LogP contribution in [0.3, 0.4) is 0 Å². The van der Waals surface area contributed by atoms with Gasteiger partial charge in [-0.05, 0) is 43.3 Å². The van der Waals surface area contributed by atoms with E-state index in [1.807, 2.05) is 60.8 Å². The summed E-state index contributed by atoms with van der Waals surface area (Å²) in [5.41, 5.74) is 8.91. The first kappa shape index (κ1) is 20.8. The summed E-state index contributed by atoms with van der Waals surface area (Å²) in [6.45, 7) is 1.74. The number of rotatable bonds is 6. The van der Waals surface area contributed by atoms with Crippen molar-refractivity contribution in [3.05, 3.63) is 107 Å². The number of para-hydroxylation sites is 1. The van der Waals surface area contributed by atoms with Gasteiger partial charge in [-0.1, -0.05) is 18.2 Å². The fourth-order valence-corrected chi connectivity index (χ4v) is 3.15. The van der Waals surface area contributed by atoms with Crippen molar-refractivity contribution < 1.29 is 4.74 Å². The molecule has 2 aromatic carbocycles. The third-order valence-electron chi connectivity index (χ3n) is 4.60. The van der Waals surface area contributed by atoms with Crippen LogP contribution in [-0.2, 0) is 0 Å². The number of hydrogen-bond acceptors (Lipinski definition) is 6. The molecule has 0 aliphatic carbocycles. The van der Waals surface area contributed by atoms with Gasteiger partial charge in [0.1, 0.15) is 11.4 Å². The molecule has 32 heavy (non-hydrogen) atoms. The lowest BCUT2D eigenvalue weighted by Gasteiger charge is -2.13. The maximum atomic E-state index is 12.7. The Bertz CT molecular complexity index is 1330. The number of ether oxygens (including phenoxy) is 1. The van der Waals surface area contributed by atoms with Crippen LogP contribution < -0.4 is 15.9 Å². The van der Waals surface area contributed by atoms with Crippen LogP contribution in [0.5, 0.6) is 5.75 Å². The zero-order valence-electron chi connectivity index (χ0n) is 17.7.